The Morgan fingerprint density at radius 3 is 2.55 bits per heavy atom. The molecule has 3 rings (SSSR count). The minimum Gasteiger partial charge on any atom is -0.356 e. The molecule has 1 fully saturated rings. The van der Waals surface area contributed by atoms with Gasteiger partial charge < -0.3 is 10.2 Å². The van der Waals surface area contributed by atoms with E-state index < -0.39 is 5.92 Å². The largest absolute Gasteiger partial charge is 0.356 e. The lowest BCUT2D eigenvalue weighted by Crippen LogP contribution is -2.36. The summed E-state index contributed by atoms with van der Waals surface area (Å²) in [5.74, 6) is -0.766. The zero-order chi connectivity index (χ0) is 21.0. The second-order valence-corrected chi connectivity index (χ2v) is 8.40. The van der Waals surface area contributed by atoms with Crippen molar-refractivity contribution in [1.29, 1.82) is 0 Å². The fourth-order valence-electron chi connectivity index (χ4n) is 3.70. The van der Waals surface area contributed by atoms with E-state index in [0.29, 0.717) is 36.1 Å². The van der Waals surface area contributed by atoms with Gasteiger partial charge in [0.05, 0.1) is 5.92 Å². The zero-order valence-corrected chi connectivity index (χ0v) is 17.5. The SMILES string of the molecule is CC(C)CCNC(=O)[C@@H]1CN(C(=O)c2ccc(Cl)cc2)C[C@@H]1c1cccc(F)c1. The van der Waals surface area contributed by atoms with Gasteiger partial charge in [0.25, 0.3) is 5.91 Å². The summed E-state index contributed by atoms with van der Waals surface area (Å²) in [6.07, 6.45) is 0.885. The van der Waals surface area contributed by atoms with Gasteiger partial charge in [0, 0.05) is 36.1 Å². The Hall–Kier alpha value is -2.40. The molecule has 0 aromatic heterocycles. The lowest BCUT2D eigenvalue weighted by molar-refractivity contribution is -0.124. The Morgan fingerprint density at radius 2 is 1.90 bits per heavy atom. The summed E-state index contributed by atoms with van der Waals surface area (Å²) in [6.45, 7) is 5.46. The Kier molecular flexibility index (Phi) is 6.91. The molecule has 1 aliphatic rings. The van der Waals surface area contributed by atoms with Gasteiger partial charge >= 0.3 is 0 Å². The molecule has 2 amide bonds. The van der Waals surface area contributed by atoms with E-state index in [0.717, 1.165) is 12.0 Å². The predicted octanol–water partition coefficient (Wildman–Crippen LogP) is 4.50. The molecule has 0 aliphatic carbocycles. The molecule has 154 valence electrons. The third-order valence-corrected chi connectivity index (χ3v) is 5.58. The molecule has 0 radical (unpaired) electrons. The average molecular weight is 417 g/mol. The number of rotatable bonds is 6. The van der Waals surface area contributed by atoms with Gasteiger partial charge in [-0.3, -0.25) is 9.59 Å². The summed E-state index contributed by atoms with van der Waals surface area (Å²) in [6, 6.07) is 13.0. The fraction of sp³-hybridized carbons (Fsp3) is 0.391. The van der Waals surface area contributed by atoms with Crippen LogP contribution >= 0.6 is 11.6 Å². The van der Waals surface area contributed by atoms with Crippen LogP contribution in [0.2, 0.25) is 5.02 Å². The maximum atomic E-state index is 13.8. The molecule has 0 unspecified atom stereocenters. The van der Waals surface area contributed by atoms with Crippen LogP contribution < -0.4 is 5.32 Å². The number of amides is 2. The lowest BCUT2D eigenvalue weighted by atomic mass is 9.88. The van der Waals surface area contributed by atoms with Gasteiger partial charge in [0.15, 0.2) is 0 Å². The topological polar surface area (TPSA) is 49.4 Å². The molecule has 29 heavy (non-hydrogen) atoms. The second kappa shape index (κ2) is 9.40. The van der Waals surface area contributed by atoms with Crippen molar-refractivity contribution in [3.8, 4) is 0 Å². The van der Waals surface area contributed by atoms with E-state index in [1.54, 1.807) is 35.2 Å². The second-order valence-electron chi connectivity index (χ2n) is 7.96. The van der Waals surface area contributed by atoms with E-state index in [1.165, 1.54) is 12.1 Å². The first-order chi connectivity index (χ1) is 13.8. The van der Waals surface area contributed by atoms with Gasteiger partial charge in [0.2, 0.25) is 5.91 Å². The summed E-state index contributed by atoms with van der Waals surface area (Å²) < 4.78 is 13.8. The standard InChI is InChI=1S/C23H26ClFN2O2/c1-15(2)10-11-26-22(28)21-14-27(23(29)16-6-8-18(24)9-7-16)13-20(21)17-4-3-5-19(25)12-17/h3-9,12,15,20-21H,10-11,13-14H2,1-2H3,(H,26,28)/t20-,21-/m1/s1. The minimum atomic E-state index is -0.416. The van der Waals surface area contributed by atoms with Crippen LogP contribution in [0, 0.1) is 17.7 Å². The third-order valence-electron chi connectivity index (χ3n) is 5.33. The summed E-state index contributed by atoms with van der Waals surface area (Å²) in [4.78, 5) is 27.5. The number of carbonyl (C=O) groups is 2. The van der Waals surface area contributed by atoms with Gasteiger partial charge in [-0.25, -0.2) is 4.39 Å². The Balaban J connectivity index is 1.80. The molecule has 1 N–H and O–H groups in total. The van der Waals surface area contributed by atoms with Crippen LogP contribution in [0.4, 0.5) is 4.39 Å². The van der Waals surface area contributed by atoms with Crippen molar-refractivity contribution >= 4 is 23.4 Å². The normalized spacial score (nSPS) is 18.9. The van der Waals surface area contributed by atoms with E-state index in [9.17, 15) is 14.0 Å². The molecule has 1 aliphatic heterocycles. The van der Waals surface area contributed by atoms with E-state index in [-0.39, 0.29) is 23.5 Å². The molecule has 1 saturated heterocycles. The Labute approximate surface area is 176 Å². The zero-order valence-electron chi connectivity index (χ0n) is 16.7. The van der Waals surface area contributed by atoms with Gasteiger partial charge in [-0.15, -0.1) is 0 Å². The Morgan fingerprint density at radius 1 is 1.17 bits per heavy atom. The highest BCUT2D eigenvalue weighted by Crippen LogP contribution is 2.34. The molecule has 0 bridgehead atoms. The highest BCUT2D eigenvalue weighted by molar-refractivity contribution is 6.30. The molecule has 0 spiro atoms. The molecular formula is C23H26ClFN2O2. The fourth-order valence-corrected chi connectivity index (χ4v) is 3.83. The van der Waals surface area contributed by atoms with E-state index in [2.05, 4.69) is 19.2 Å². The number of hydrogen-bond donors (Lipinski definition) is 1. The van der Waals surface area contributed by atoms with Crippen LogP contribution in [-0.4, -0.2) is 36.3 Å². The molecule has 4 nitrogen and oxygen atoms in total. The van der Waals surface area contributed by atoms with Crippen LogP contribution in [0.5, 0.6) is 0 Å². The molecule has 1 heterocycles. The highest BCUT2D eigenvalue weighted by atomic mass is 35.5. The number of nitrogens with one attached hydrogen (secondary N) is 1. The van der Waals surface area contributed by atoms with Gasteiger partial charge in [-0.1, -0.05) is 37.6 Å². The first-order valence-electron chi connectivity index (χ1n) is 9.93. The molecule has 2 aromatic carbocycles. The number of benzene rings is 2. The van der Waals surface area contributed by atoms with Crippen molar-refractivity contribution in [2.24, 2.45) is 11.8 Å². The quantitative estimate of drug-likeness (QED) is 0.753. The monoisotopic (exact) mass is 416 g/mol. The summed E-state index contributed by atoms with van der Waals surface area (Å²) in [5, 5.41) is 3.55. The predicted molar refractivity (Wildman–Crippen MR) is 112 cm³/mol. The lowest BCUT2D eigenvalue weighted by Gasteiger charge is -2.18. The number of carbonyl (C=O) groups excluding carboxylic acids is 2. The van der Waals surface area contributed by atoms with E-state index in [1.807, 2.05) is 6.07 Å². The van der Waals surface area contributed by atoms with Crippen LogP contribution in [-0.2, 0) is 4.79 Å². The number of hydrogen-bond acceptors (Lipinski definition) is 2. The summed E-state index contributed by atoms with van der Waals surface area (Å²) in [5.41, 5.74) is 1.26. The van der Waals surface area contributed by atoms with Crippen LogP contribution in [0.25, 0.3) is 0 Å². The van der Waals surface area contributed by atoms with Crippen molar-refractivity contribution in [1.82, 2.24) is 10.2 Å². The van der Waals surface area contributed by atoms with Gasteiger partial charge in [-0.2, -0.15) is 0 Å². The highest BCUT2D eigenvalue weighted by Gasteiger charge is 2.40. The maximum absolute atomic E-state index is 13.8. The molecule has 6 heteroatoms. The molecule has 2 aromatic rings. The number of likely N-dealkylation sites (tertiary alicyclic amines) is 1. The van der Waals surface area contributed by atoms with Crippen molar-refractivity contribution in [3.05, 3.63) is 70.5 Å². The van der Waals surface area contributed by atoms with E-state index in [4.69, 9.17) is 11.6 Å². The van der Waals surface area contributed by atoms with Crippen LogP contribution in [0.1, 0.15) is 42.1 Å². The molecule has 2 atom stereocenters. The van der Waals surface area contributed by atoms with Crippen LogP contribution in [0.15, 0.2) is 48.5 Å². The maximum Gasteiger partial charge on any atom is 0.253 e. The number of halogens is 2. The van der Waals surface area contributed by atoms with Crippen molar-refractivity contribution < 1.29 is 14.0 Å². The van der Waals surface area contributed by atoms with Crippen molar-refractivity contribution in [3.63, 3.8) is 0 Å². The van der Waals surface area contributed by atoms with Crippen LogP contribution in [0.3, 0.4) is 0 Å². The molecule has 0 saturated carbocycles. The van der Waals surface area contributed by atoms with Gasteiger partial charge in [-0.05, 0) is 54.3 Å². The first-order valence-corrected chi connectivity index (χ1v) is 10.3. The Bertz CT molecular complexity index is 869. The van der Waals surface area contributed by atoms with E-state index >= 15 is 0 Å². The van der Waals surface area contributed by atoms with Gasteiger partial charge in [0.1, 0.15) is 5.82 Å². The smallest absolute Gasteiger partial charge is 0.253 e. The number of nitrogens with zero attached hydrogens (tertiary/aromatic N) is 1. The summed E-state index contributed by atoms with van der Waals surface area (Å²) >= 11 is 5.92. The molecular weight excluding hydrogens is 391 g/mol. The van der Waals surface area contributed by atoms with Crippen molar-refractivity contribution in [2.75, 3.05) is 19.6 Å². The average Bonchev–Trinajstić information content (AvgIpc) is 3.13. The first kappa shape index (κ1) is 21.3. The summed E-state index contributed by atoms with van der Waals surface area (Å²) in [7, 11) is 0. The van der Waals surface area contributed by atoms with Crippen molar-refractivity contribution in [2.45, 2.75) is 26.2 Å². The third kappa shape index (κ3) is 5.36. The minimum absolute atomic E-state index is 0.0914.